The third-order valence-corrected chi connectivity index (χ3v) is 7.99. The number of rotatable bonds is 2. The first-order valence-corrected chi connectivity index (χ1v) is 10.4. The van der Waals surface area contributed by atoms with Crippen LogP contribution in [0, 0.1) is 16.7 Å². The smallest absolute Gasteiger partial charge is 0.230 e. The Hall–Kier alpha value is -1.04. The lowest BCUT2D eigenvalue weighted by Gasteiger charge is -2.44. The Balaban J connectivity index is 2.32. The highest BCUT2D eigenvalue weighted by Crippen LogP contribution is 2.52. The largest absolute Gasteiger partial charge is 0.301 e. The lowest BCUT2D eigenvalue weighted by atomic mass is 9.85. The highest BCUT2D eigenvalue weighted by molar-refractivity contribution is 7.80. The molecule has 2 heterocycles. The van der Waals surface area contributed by atoms with Crippen molar-refractivity contribution in [2.45, 2.75) is 46.6 Å². The van der Waals surface area contributed by atoms with Crippen molar-refractivity contribution in [1.29, 1.82) is 0 Å². The molecule has 0 aliphatic carbocycles. The average molecular weight is 364 g/mol. The standard InChI is InChI=1S/C18H21NOS3/c1-6-11(3)16(20)19-13-9-10(2)7-8-12(13)14-15(18(19,4)5)22-23-17(14)21/h7-9,11H,6H2,1-5H3/t11-/m0/s1. The van der Waals surface area contributed by atoms with E-state index < -0.39 is 0 Å². The summed E-state index contributed by atoms with van der Waals surface area (Å²) in [7, 11) is 3.35. The number of nitrogens with zero attached hydrogens (tertiary/aromatic N) is 1. The summed E-state index contributed by atoms with van der Waals surface area (Å²) in [5, 5.41) is 0. The zero-order chi connectivity index (χ0) is 16.9. The number of fused-ring (bicyclic) bond motifs is 3. The van der Waals surface area contributed by atoms with Crippen molar-refractivity contribution in [3.05, 3.63) is 32.5 Å². The van der Waals surface area contributed by atoms with Crippen molar-refractivity contribution < 1.29 is 4.79 Å². The molecule has 23 heavy (non-hydrogen) atoms. The van der Waals surface area contributed by atoms with Crippen LogP contribution in [0.4, 0.5) is 5.69 Å². The van der Waals surface area contributed by atoms with Crippen molar-refractivity contribution >= 4 is 44.5 Å². The Morgan fingerprint density at radius 2 is 2.04 bits per heavy atom. The minimum atomic E-state index is -0.366. The van der Waals surface area contributed by atoms with Crippen molar-refractivity contribution in [1.82, 2.24) is 0 Å². The van der Waals surface area contributed by atoms with Crippen LogP contribution in [0.25, 0.3) is 11.1 Å². The van der Waals surface area contributed by atoms with E-state index in [1.54, 1.807) is 20.7 Å². The van der Waals surface area contributed by atoms with Crippen LogP contribution in [0.1, 0.15) is 44.6 Å². The van der Waals surface area contributed by atoms with Gasteiger partial charge in [-0.3, -0.25) is 4.79 Å². The molecule has 1 amide bonds. The molecule has 0 radical (unpaired) electrons. The fraction of sp³-hybridized carbons (Fsp3) is 0.444. The van der Waals surface area contributed by atoms with E-state index >= 15 is 0 Å². The summed E-state index contributed by atoms with van der Waals surface area (Å²) in [4.78, 5) is 16.4. The predicted octanol–water partition coefficient (Wildman–Crippen LogP) is 6.14. The number of hydrogen-bond acceptors (Lipinski definition) is 4. The van der Waals surface area contributed by atoms with Crippen LogP contribution in [0.15, 0.2) is 18.2 Å². The highest BCUT2D eigenvalue weighted by Gasteiger charge is 2.43. The van der Waals surface area contributed by atoms with E-state index in [0.29, 0.717) is 0 Å². The molecule has 1 aromatic carbocycles. The summed E-state index contributed by atoms with van der Waals surface area (Å²) in [6.45, 7) is 10.4. The lowest BCUT2D eigenvalue weighted by molar-refractivity contribution is -0.123. The zero-order valence-electron chi connectivity index (χ0n) is 14.1. The molecule has 122 valence electrons. The number of carbonyl (C=O) groups excluding carboxylic acids is 1. The first-order valence-electron chi connectivity index (χ1n) is 7.87. The predicted molar refractivity (Wildman–Crippen MR) is 103 cm³/mol. The number of benzene rings is 1. The molecule has 0 N–H and O–H groups in total. The van der Waals surface area contributed by atoms with Gasteiger partial charge >= 0.3 is 0 Å². The van der Waals surface area contributed by atoms with Gasteiger partial charge < -0.3 is 4.90 Å². The van der Waals surface area contributed by atoms with Gasteiger partial charge in [-0.15, -0.1) is 0 Å². The second-order valence-electron chi connectivity index (χ2n) is 6.72. The molecule has 0 spiro atoms. The molecule has 5 heteroatoms. The van der Waals surface area contributed by atoms with Crippen LogP contribution in [0.3, 0.4) is 0 Å². The topological polar surface area (TPSA) is 20.3 Å². The van der Waals surface area contributed by atoms with Crippen molar-refractivity contribution in [3.8, 4) is 11.1 Å². The second kappa shape index (κ2) is 5.80. The molecule has 0 saturated heterocycles. The van der Waals surface area contributed by atoms with Gasteiger partial charge in [-0.2, -0.15) is 0 Å². The minimum Gasteiger partial charge on any atom is -0.301 e. The van der Waals surface area contributed by atoms with Crippen molar-refractivity contribution in [2.24, 2.45) is 5.92 Å². The fourth-order valence-corrected chi connectivity index (χ4v) is 6.41. The third kappa shape index (κ3) is 2.49. The molecule has 0 unspecified atom stereocenters. The van der Waals surface area contributed by atoms with E-state index in [0.717, 1.165) is 32.6 Å². The molecule has 0 fully saturated rings. The summed E-state index contributed by atoms with van der Waals surface area (Å²) in [5.74, 6) is 0.204. The molecular weight excluding hydrogens is 342 g/mol. The number of hydrogen-bond donors (Lipinski definition) is 0. The van der Waals surface area contributed by atoms with Crippen LogP contribution >= 0.6 is 32.9 Å². The SMILES string of the molecule is CC[C@H](C)C(=O)N1c2cc(C)ccc2-c2c(ssc2=S)C1(C)C. The molecule has 0 bridgehead atoms. The molecule has 1 aliphatic rings. The van der Waals surface area contributed by atoms with Gasteiger partial charge in [0.15, 0.2) is 0 Å². The Labute approximate surface area is 150 Å². The van der Waals surface area contributed by atoms with Gasteiger partial charge in [-0.05, 0) is 38.8 Å². The van der Waals surface area contributed by atoms with E-state index in [2.05, 4.69) is 45.9 Å². The maximum atomic E-state index is 13.1. The second-order valence-corrected chi connectivity index (χ2v) is 9.54. The maximum Gasteiger partial charge on any atom is 0.230 e. The zero-order valence-corrected chi connectivity index (χ0v) is 16.5. The van der Waals surface area contributed by atoms with E-state index in [-0.39, 0.29) is 17.4 Å². The Bertz CT molecular complexity index is 831. The summed E-state index contributed by atoms with van der Waals surface area (Å²) in [6.07, 6.45) is 0.846. The Morgan fingerprint density at radius 1 is 1.35 bits per heavy atom. The molecule has 0 saturated carbocycles. The van der Waals surface area contributed by atoms with Gasteiger partial charge in [0, 0.05) is 17.0 Å². The lowest BCUT2D eigenvalue weighted by Crippen LogP contribution is -2.49. The average Bonchev–Trinajstić information content (AvgIpc) is 2.89. The van der Waals surface area contributed by atoms with Gasteiger partial charge in [-0.1, -0.05) is 58.9 Å². The Morgan fingerprint density at radius 3 is 2.70 bits per heavy atom. The van der Waals surface area contributed by atoms with E-state index in [1.807, 2.05) is 11.8 Å². The van der Waals surface area contributed by atoms with Crippen molar-refractivity contribution in [2.75, 3.05) is 4.90 Å². The van der Waals surface area contributed by atoms with Gasteiger partial charge in [0.1, 0.15) is 3.82 Å². The normalized spacial score (nSPS) is 16.7. The number of aryl methyl sites for hydroxylation is 1. The van der Waals surface area contributed by atoms with E-state index in [4.69, 9.17) is 12.2 Å². The Kier molecular flexibility index (Phi) is 4.23. The number of carbonyl (C=O) groups is 1. The summed E-state index contributed by atoms with van der Waals surface area (Å²) in [5.41, 5.74) is 4.06. The fourth-order valence-electron chi connectivity index (χ4n) is 3.13. The molecule has 2 aromatic rings. The van der Waals surface area contributed by atoms with Crippen LogP contribution in [-0.4, -0.2) is 5.91 Å². The first-order chi connectivity index (χ1) is 10.8. The van der Waals surface area contributed by atoms with Crippen LogP contribution in [-0.2, 0) is 10.3 Å². The molecule has 1 atom stereocenters. The highest BCUT2D eigenvalue weighted by atomic mass is 32.9. The molecule has 2 nitrogen and oxygen atoms in total. The molecule has 3 rings (SSSR count). The van der Waals surface area contributed by atoms with E-state index in [1.165, 1.54) is 4.88 Å². The van der Waals surface area contributed by atoms with Crippen LogP contribution < -0.4 is 4.90 Å². The molecular formula is C18H21NOS3. The van der Waals surface area contributed by atoms with Crippen molar-refractivity contribution in [3.63, 3.8) is 0 Å². The van der Waals surface area contributed by atoms with Gasteiger partial charge in [0.2, 0.25) is 5.91 Å². The number of anilines is 1. The monoisotopic (exact) mass is 363 g/mol. The van der Waals surface area contributed by atoms with Gasteiger partial charge in [0.05, 0.1) is 16.1 Å². The summed E-state index contributed by atoms with van der Waals surface area (Å²) >= 11 is 5.59. The van der Waals surface area contributed by atoms with Gasteiger partial charge in [-0.25, -0.2) is 0 Å². The molecule has 1 aliphatic heterocycles. The number of amides is 1. The van der Waals surface area contributed by atoms with Crippen LogP contribution in [0.2, 0.25) is 0 Å². The quantitative estimate of drug-likeness (QED) is 0.471. The van der Waals surface area contributed by atoms with Crippen LogP contribution in [0.5, 0.6) is 0 Å². The first kappa shape index (κ1) is 16.8. The minimum absolute atomic E-state index is 0.01000. The molecule has 1 aromatic heterocycles. The third-order valence-electron chi connectivity index (χ3n) is 4.66. The van der Waals surface area contributed by atoms with E-state index in [9.17, 15) is 4.79 Å². The van der Waals surface area contributed by atoms with Gasteiger partial charge in [0.25, 0.3) is 0 Å². The summed E-state index contributed by atoms with van der Waals surface area (Å²) in [6, 6.07) is 6.34. The maximum absolute atomic E-state index is 13.1. The summed E-state index contributed by atoms with van der Waals surface area (Å²) < 4.78 is 0.929.